The molecule has 2 rings (SSSR count). The fraction of sp³-hybridized carbons (Fsp3) is 0.267. The van der Waals surface area contributed by atoms with Crippen molar-refractivity contribution in [1.29, 1.82) is 0 Å². The Morgan fingerprint density at radius 1 is 1.39 bits per heavy atom. The second-order valence-corrected chi connectivity index (χ2v) is 6.31. The standard InChI is InChI=1S/C15H15NO5S2/c1-8(14(18)19)16-13(17)11(23-15(16)22)7-9-5-4-6-10(20-2)12(9)21-3/h4-8H,1-3H3,(H,18,19)/p-1/t8-/m1/s1. The molecule has 6 nitrogen and oxygen atoms in total. The average molecular weight is 352 g/mol. The monoisotopic (exact) mass is 352 g/mol. The van der Waals surface area contributed by atoms with Gasteiger partial charge in [0.1, 0.15) is 4.32 Å². The Labute approximate surface area is 143 Å². The lowest BCUT2D eigenvalue weighted by molar-refractivity contribution is -0.309. The summed E-state index contributed by atoms with van der Waals surface area (Å²) in [6.07, 6.45) is 1.60. The summed E-state index contributed by atoms with van der Waals surface area (Å²) in [4.78, 5) is 24.8. The molecule has 1 saturated heterocycles. The van der Waals surface area contributed by atoms with Gasteiger partial charge in [-0.15, -0.1) is 0 Å². The predicted octanol–water partition coefficient (Wildman–Crippen LogP) is 1.04. The van der Waals surface area contributed by atoms with Gasteiger partial charge in [-0.05, 0) is 19.1 Å². The molecule has 23 heavy (non-hydrogen) atoms. The highest BCUT2D eigenvalue weighted by Gasteiger charge is 2.36. The number of aliphatic carboxylic acids is 1. The van der Waals surface area contributed by atoms with Crippen molar-refractivity contribution >= 4 is 46.3 Å². The highest BCUT2D eigenvalue weighted by atomic mass is 32.2. The van der Waals surface area contributed by atoms with E-state index < -0.39 is 17.9 Å². The van der Waals surface area contributed by atoms with E-state index >= 15 is 0 Å². The van der Waals surface area contributed by atoms with Crippen molar-refractivity contribution in [2.75, 3.05) is 14.2 Å². The number of carbonyl (C=O) groups is 2. The number of amides is 1. The van der Waals surface area contributed by atoms with Gasteiger partial charge >= 0.3 is 0 Å². The van der Waals surface area contributed by atoms with Crippen LogP contribution in [0.25, 0.3) is 6.08 Å². The highest BCUT2D eigenvalue weighted by Crippen LogP contribution is 2.37. The van der Waals surface area contributed by atoms with Crippen molar-refractivity contribution in [2.24, 2.45) is 0 Å². The highest BCUT2D eigenvalue weighted by molar-refractivity contribution is 8.26. The van der Waals surface area contributed by atoms with E-state index in [1.54, 1.807) is 24.3 Å². The topological polar surface area (TPSA) is 78.9 Å². The van der Waals surface area contributed by atoms with E-state index in [1.807, 2.05) is 0 Å². The number of hydrogen-bond acceptors (Lipinski definition) is 7. The number of hydrogen-bond donors (Lipinski definition) is 0. The average Bonchev–Trinajstić information content (AvgIpc) is 2.80. The molecule has 122 valence electrons. The minimum Gasteiger partial charge on any atom is -0.548 e. The normalized spacial score (nSPS) is 17.5. The van der Waals surface area contributed by atoms with E-state index in [-0.39, 0.29) is 4.32 Å². The Balaban J connectivity index is 2.40. The molecule has 8 heteroatoms. The fourth-order valence-electron chi connectivity index (χ4n) is 2.09. The van der Waals surface area contributed by atoms with Crippen LogP contribution in [0.2, 0.25) is 0 Å². The Morgan fingerprint density at radius 3 is 2.65 bits per heavy atom. The fourth-order valence-corrected chi connectivity index (χ4v) is 3.50. The first-order valence-corrected chi connectivity index (χ1v) is 7.82. The summed E-state index contributed by atoms with van der Waals surface area (Å²) < 4.78 is 10.7. The van der Waals surface area contributed by atoms with Gasteiger partial charge in [0.25, 0.3) is 5.91 Å². The zero-order valence-corrected chi connectivity index (χ0v) is 14.3. The zero-order chi connectivity index (χ0) is 17.1. The van der Waals surface area contributed by atoms with Crippen LogP contribution in [-0.4, -0.2) is 41.4 Å². The van der Waals surface area contributed by atoms with Gasteiger partial charge in [-0.1, -0.05) is 36.1 Å². The molecule has 1 heterocycles. The lowest BCUT2D eigenvalue weighted by Gasteiger charge is -2.23. The summed E-state index contributed by atoms with van der Waals surface area (Å²) in [5.41, 5.74) is 0.633. The number of carboxylic acid groups (broad SMARTS) is 1. The maximum atomic E-state index is 12.4. The number of thioether (sulfide) groups is 1. The van der Waals surface area contributed by atoms with Crippen molar-refractivity contribution in [2.45, 2.75) is 13.0 Å². The molecule has 0 unspecified atom stereocenters. The lowest BCUT2D eigenvalue weighted by Crippen LogP contribution is -2.48. The maximum absolute atomic E-state index is 12.4. The van der Waals surface area contributed by atoms with Gasteiger partial charge in [0.2, 0.25) is 0 Å². The molecule has 0 bridgehead atoms. The number of nitrogens with zero attached hydrogens (tertiary/aromatic N) is 1. The molecular formula is C15H14NO5S2-. The molecule has 0 aliphatic carbocycles. The van der Waals surface area contributed by atoms with Gasteiger partial charge in [-0.3, -0.25) is 9.69 Å². The molecular weight excluding hydrogens is 338 g/mol. The molecule has 1 amide bonds. The Kier molecular flexibility index (Phi) is 5.27. The largest absolute Gasteiger partial charge is 0.548 e. The summed E-state index contributed by atoms with van der Waals surface area (Å²) in [6, 6.07) is 4.13. The van der Waals surface area contributed by atoms with Gasteiger partial charge in [0, 0.05) is 5.56 Å². The first kappa shape index (κ1) is 17.3. The second kappa shape index (κ2) is 7.01. The molecule has 1 atom stereocenters. The van der Waals surface area contributed by atoms with Crippen LogP contribution in [0.3, 0.4) is 0 Å². The van der Waals surface area contributed by atoms with Crippen LogP contribution in [0.5, 0.6) is 11.5 Å². The summed E-state index contributed by atoms with van der Waals surface area (Å²) in [7, 11) is 3.02. The Bertz CT molecular complexity index is 701. The maximum Gasteiger partial charge on any atom is 0.266 e. The number of ether oxygens (including phenoxy) is 2. The first-order chi connectivity index (χ1) is 10.9. The van der Waals surface area contributed by atoms with E-state index in [0.29, 0.717) is 22.0 Å². The van der Waals surface area contributed by atoms with Crippen LogP contribution >= 0.6 is 24.0 Å². The van der Waals surface area contributed by atoms with E-state index in [2.05, 4.69) is 0 Å². The molecule has 0 N–H and O–H groups in total. The molecule has 0 radical (unpaired) electrons. The van der Waals surface area contributed by atoms with Crippen molar-refractivity contribution in [3.63, 3.8) is 0 Å². The van der Waals surface area contributed by atoms with Crippen LogP contribution in [0, 0.1) is 0 Å². The van der Waals surface area contributed by atoms with Gasteiger partial charge in [0.15, 0.2) is 11.5 Å². The van der Waals surface area contributed by atoms with Gasteiger partial charge < -0.3 is 19.4 Å². The third-order valence-corrected chi connectivity index (χ3v) is 4.60. The lowest BCUT2D eigenvalue weighted by atomic mass is 10.1. The quantitative estimate of drug-likeness (QED) is 0.579. The smallest absolute Gasteiger partial charge is 0.266 e. The number of methoxy groups -OCH3 is 2. The third kappa shape index (κ3) is 3.32. The first-order valence-electron chi connectivity index (χ1n) is 6.59. The van der Waals surface area contributed by atoms with Crippen LogP contribution in [-0.2, 0) is 9.59 Å². The Hall–Kier alpha value is -2.06. The van der Waals surface area contributed by atoms with E-state index in [4.69, 9.17) is 21.7 Å². The SMILES string of the molecule is COc1cccc(C=C2SC(=S)N([C@H](C)C(=O)[O-])C2=O)c1OC. The molecule has 1 fully saturated rings. The van der Waals surface area contributed by atoms with Crippen molar-refractivity contribution in [3.05, 3.63) is 28.7 Å². The number of carbonyl (C=O) groups excluding carboxylic acids is 2. The minimum absolute atomic E-state index is 0.180. The number of thiocarbonyl (C=S) groups is 1. The summed E-state index contributed by atoms with van der Waals surface area (Å²) >= 11 is 6.13. The van der Waals surface area contributed by atoms with Gasteiger partial charge in [0.05, 0.1) is 31.1 Å². The number of para-hydroxylation sites is 1. The van der Waals surface area contributed by atoms with Crippen molar-refractivity contribution < 1.29 is 24.2 Å². The van der Waals surface area contributed by atoms with Crippen molar-refractivity contribution in [1.82, 2.24) is 4.90 Å². The molecule has 0 saturated carbocycles. The zero-order valence-electron chi connectivity index (χ0n) is 12.7. The molecule has 1 aromatic carbocycles. The summed E-state index contributed by atoms with van der Waals surface area (Å²) in [5.74, 6) is -0.823. The minimum atomic E-state index is -1.36. The van der Waals surface area contributed by atoms with Crippen LogP contribution < -0.4 is 14.6 Å². The molecule has 0 aromatic heterocycles. The molecule has 1 aliphatic rings. The third-order valence-electron chi connectivity index (χ3n) is 3.27. The Morgan fingerprint density at radius 2 is 2.09 bits per heavy atom. The van der Waals surface area contributed by atoms with Gasteiger partial charge in [-0.25, -0.2) is 0 Å². The van der Waals surface area contributed by atoms with Crippen LogP contribution in [0.4, 0.5) is 0 Å². The van der Waals surface area contributed by atoms with E-state index in [0.717, 1.165) is 16.7 Å². The van der Waals surface area contributed by atoms with E-state index in [1.165, 1.54) is 21.1 Å². The van der Waals surface area contributed by atoms with Crippen LogP contribution in [0.1, 0.15) is 12.5 Å². The van der Waals surface area contributed by atoms with Gasteiger partial charge in [-0.2, -0.15) is 0 Å². The van der Waals surface area contributed by atoms with E-state index in [9.17, 15) is 14.7 Å². The number of rotatable bonds is 5. The number of benzene rings is 1. The molecule has 1 aliphatic heterocycles. The summed E-state index contributed by atoms with van der Waals surface area (Å²) in [5, 5.41) is 11.0. The second-order valence-electron chi connectivity index (χ2n) is 4.63. The predicted molar refractivity (Wildman–Crippen MR) is 89.0 cm³/mol. The molecule has 0 spiro atoms. The summed E-state index contributed by atoms with van der Waals surface area (Å²) in [6.45, 7) is 1.36. The van der Waals surface area contributed by atoms with Crippen LogP contribution in [0.15, 0.2) is 23.1 Å². The molecule has 1 aromatic rings. The van der Waals surface area contributed by atoms with Crippen molar-refractivity contribution in [3.8, 4) is 11.5 Å². The number of carboxylic acids is 1.